The van der Waals surface area contributed by atoms with Gasteiger partial charge in [0.1, 0.15) is 0 Å². The minimum absolute atomic E-state index is 0.122. The van der Waals surface area contributed by atoms with Crippen molar-refractivity contribution in [2.45, 2.75) is 6.42 Å². The van der Waals surface area contributed by atoms with Crippen LogP contribution in [0.5, 0.6) is 0 Å². The van der Waals surface area contributed by atoms with Crippen LogP contribution in [0.1, 0.15) is 16.8 Å². The monoisotopic (exact) mass is 247 g/mol. The SMILES string of the molecule is CN(C)c1ccc(C(=O)N2CCC(CN)C2)cc1. The second-order valence-electron chi connectivity index (χ2n) is 5.08. The van der Waals surface area contributed by atoms with Gasteiger partial charge in [0.2, 0.25) is 0 Å². The molecule has 0 saturated carbocycles. The first-order valence-corrected chi connectivity index (χ1v) is 6.38. The van der Waals surface area contributed by atoms with Crippen LogP contribution in [-0.2, 0) is 0 Å². The minimum Gasteiger partial charge on any atom is -0.378 e. The van der Waals surface area contributed by atoms with Crippen molar-refractivity contribution >= 4 is 11.6 Å². The molecule has 1 aromatic carbocycles. The summed E-state index contributed by atoms with van der Waals surface area (Å²) in [5, 5.41) is 0. The van der Waals surface area contributed by atoms with Gasteiger partial charge >= 0.3 is 0 Å². The molecule has 0 aromatic heterocycles. The molecule has 0 aliphatic carbocycles. The van der Waals surface area contributed by atoms with Crippen LogP contribution in [0.4, 0.5) is 5.69 Å². The number of likely N-dealkylation sites (tertiary alicyclic amines) is 1. The van der Waals surface area contributed by atoms with E-state index < -0.39 is 0 Å². The second-order valence-corrected chi connectivity index (χ2v) is 5.08. The van der Waals surface area contributed by atoms with E-state index >= 15 is 0 Å². The maximum atomic E-state index is 12.3. The first kappa shape index (κ1) is 12.9. The molecule has 1 atom stereocenters. The van der Waals surface area contributed by atoms with Gasteiger partial charge in [-0.25, -0.2) is 0 Å². The Balaban J connectivity index is 2.05. The van der Waals surface area contributed by atoms with Gasteiger partial charge in [0.25, 0.3) is 5.91 Å². The van der Waals surface area contributed by atoms with Gasteiger partial charge in [0.15, 0.2) is 0 Å². The fraction of sp³-hybridized carbons (Fsp3) is 0.500. The molecule has 1 heterocycles. The lowest BCUT2D eigenvalue weighted by molar-refractivity contribution is 0.0787. The molecular formula is C14H21N3O. The molecule has 4 nitrogen and oxygen atoms in total. The van der Waals surface area contributed by atoms with Crippen molar-refractivity contribution in [2.75, 3.05) is 38.6 Å². The van der Waals surface area contributed by atoms with E-state index in [0.717, 1.165) is 30.8 Å². The van der Waals surface area contributed by atoms with E-state index in [1.165, 1.54) is 0 Å². The third-order valence-electron chi connectivity index (χ3n) is 3.54. The van der Waals surface area contributed by atoms with E-state index in [1.807, 2.05) is 48.2 Å². The second kappa shape index (κ2) is 5.40. The Morgan fingerprint density at radius 1 is 1.39 bits per heavy atom. The quantitative estimate of drug-likeness (QED) is 0.872. The van der Waals surface area contributed by atoms with Crippen LogP contribution in [0.25, 0.3) is 0 Å². The van der Waals surface area contributed by atoms with Crippen LogP contribution in [0.15, 0.2) is 24.3 Å². The van der Waals surface area contributed by atoms with E-state index in [2.05, 4.69) is 0 Å². The highest BCUT2D eigenvalue weighted by Crippen LogP contribution is 2.19. The van der Waals surface area contributed by atoms with Crippen molar-refractivity contribution in [2.24, 2.45) is 11.7 Å². The van der Waals surface area contributed by atoms with E-state index in [-0.39, 0.29) is 5.91 Å². The fourth-order valence-corrected chi connectivity index (χ4v) is 2.29. The first-order valence-electron chi connectivity index (χ1n) is 6.38. The van der Waals surface area contributed by atoms with Gasteiger partial charge in [-0.15, -0.1) is 0 Å². The molecule has 0 spiro atoms. The molecule has 0 radical (unpaired) electrons. The fourth-order valence-electron chi connectivity index (χ4n) is 2.29. The van der Waals surface area contributed by atoms with Crippen molar-refractivity contribution in [1.29, 1.82) is 0 Å². The topological polar surface area (TPSA) is 49.6 Å². The molecule has 2 rings (SSSR count). The summed E-state index contributed by atoms with van der Waals surface area (Å²) in [6.07, 6.45) is 1.03. The largest absolute Gasteiger partial charge is 0.378 e. The van der Waals surface area contributed by atoms with Gasteiger partial charge in [-0.1, -0.05) is 0 Å². The minimum atomic E-state index is 0.122. The van der Waals surface area contributed by atoms with E-state index in [1.54, 1.807) is 0 Å². The molecule has 1 aromatic rings. The van der Waals surface area contributed by atoms with Crippen molar-refractivity contribution in [1.82, 2.24) is 4.90 Å². The summed E-state index contributed by atoms with van der Waals surface area (Å²) in [6.45, 7) is 2.30. The summed E-state index contributed by atoms with van der Waals surface area (Å²) in [7, 11) is 3.98. The predicted molar refractivity (Wildman–Crippen MR) is 73.8 cm³/mol. The van der Waals surface area contributed by atoms with Crippen LogP contribution in [0, 0.1) is 5.92 Å². The van der Waals surface area contributed by atoms with Crippen molar-refractivity contribution in [3.05, 3.63) is 29.8 Å². The van der Waals surface area contributed by atoms with E-state index in [9.17, 15) is 4.79 Å². The Bertz CT molecular complexity index is 414. The number of nitrogens with zero attached hydrogens (tertiary/aromatic N) is 2. The van der Waals surface area contributed by atoms with Gasteiger partial charge in [-0.2, -0.15) is 0 Å². The maximum Gasteiger partial charge on any atom is 0.253 e. The molecule has 1 aliphatic rings. The van der Waals surface area contributed by atoms with Crippen LogP contribution >= 0.6 is 0 Å². The summed E-state index contributed by atoms with van der Waals surface area (Å²) in [5.41, 5.74) is 7.51. The first-order chi connectivity index (χ1) is 8.61. The molecule has 2 N–H and O–H groups in total. The molecule has 1 aliphatic heterocycles. The average molecular weight is 247 g/mol. The Morgan fingerprint density at radius 3 is 2.56 bits per heavy atom. The summed E-state index contributed by atoms with van der Waals surface area (Å²) < 4.78 is 0. The highest BCUT2D eigenvalue weighted by molar-refractivity contribution is 5.94. The number of nitrogens with two attached hydrogens (primary N) is 1. The Labute approximate surface area is 108 Å². The Morgan fingerprint density at radius 2 is 2.06 bits per heavy atom. The zero-order valence-corrected chi connectivity index (χ0v) is 11.1. The molecule has 1 fully saturated rings. The zero-order chi connectivity index (χ0) is 13.1. The highest BCUT2D eigenvalue weighted by Gasteiger charge is 2.25. The number of benzene rings is 1. The highest BCUT2D eigenvalue weighted by atomic mass is 16.2. The van der Waals surface area contributed by atoms with Gasteiger partial charge in [0, 0.05) is 38.4 Å². The average Bonchev–Trinajstić information content (AvgIpc) is 2.86. The smallest absolute Gasteiger partial charge is 0.253 e. The van der Waals surface area contributed by atoms with Crippen molar-refractivity contribution < 1.29 is 4.79 Å². The number of rotatable bonds is 3. The number of anilines is 1. The maximum absolute atomic E-state index is 12.3. The van der Waals surface area contributed by atoms with Crippen LogP contribution in [-0.4, -0.2) is 44.5 Å². The summed E-state index contributed by atoms with van der Waals surface area (Å²) in [4.78, 5) is 16.2. The van der Waals surface area contributed by atoms with E-state index in [4.69, 9.17) is 5.73 Å². The molecule has 0 bridgehead atoms. The number of carbonyl (C=O) groups is 1. The summed E-state index contributed by atoms with van der Waals surface area (Å²) >= 11 is 0. The van der Waals surface area contributed by atoms with Crippen molar-refractivity contribution in [3.63, 3.8) is 0 Å². The lowest BCUT2D eigenvalue weighted by Crippen LogP contribution is -2.29. The number of hydrogen-bond donors (Lipinski definition) is 1. The Kier molecular flexibility index (Phi) is 3.87. The van der Waals surface area contributed by atoms with Crippen LogP contribution < -0.4 is 10.6 Å². The summed E-state index contributed by atoms with van der Waals surface area (Å²) in [6, 6.07) is 7.74. The third-order valence-corrected chi connectivity index (χ3v) is 3.54. The van der Waals surface area contributed by atoms with Crippen LogP contribution in [0.3, 0.4) is 0 Å². The molecule has 18 heavy (non-hydrogen) atoms. The number of amides is 1. The molecule has 98 valence electrons. The van der Waals surface area contributed by atoms with Gasteiger partial charge in [-0.05, 0) is 43.1 Å². The lowest BCUT2D eigenvalue weighted by atomic mass is 10.1. The van der Waals surface area contributed by atoms with Gasteiger partial charge < -0.3 is 15.5 Å². The lowest BCUT2D eigenvalue weighted by Gasteiger charge is -2.17. The molecular weight excluding hydrogens is 226 g/mol. The molecule has 1 saturated heterocycles. The molecule has 4 heteroatoms. The Hall–Kier alpha value is -1.55. The number of carbonyl (C=O) groups excluding carboxylic acids is 1. The van der Waals surface area contributed by atoms with Gasteiger partial charge in [-0.3, -0.25) is 4.79 Å². The molecule has 1 amide bonds. The van der Waals surface area contributed by atoms with E-state index in [0.29, 0.717) is 12.5 Å². The van der Waals surface area contributed by atoms with Crippen LogP contribution in [0.2, 0.25) is 0 Å². The third kappa shape index (κ3) is 2.64. The molecule has 1 unspecified atom stereocenters. The number of hydrogen-bond acceptors (Lipinski definition) is 3. The summed E-state index contributed by atoms with van der Waals surface area (Å²) in [5.74, 6) is 0.589. The predicted octanol–water partition coefficient (Wildman–Crippen LogP) is 1.17. The standard InChI is InChI=1S/C14H21N3O/c1-16(2)13-5-3-12(4-6-13)14(18)17-8-7-11(9-15)10-17/h3-6,11H,7-10,15H2,1-2H3. The van der Waals surface area contributed by atoms with Gasteiger partial charge in [0.05, 0.1) is 0 Å². The normalized spacial score (nSPS) is 19.1. The van der Waals surface area contributed by atoms with Crippen molar-refractivity contribution in [3.8, 4) is 0 Å². The zero-order valence-electron chi connectivity index (χ0n) is 11.1.